The molecule has 0 saturated carbocycles. The summed E-state index contributed by atoms with van der Waals surface area (Å²) in [4.78, 5) is 23.3. The Morgan fingerprint density at radius 1 is 1.15 bits per heavy atom. The fourth-order valence-corrected chi connectivity index (χ4v) is 3.35. The molecule has 0 atom stereocenters. The number of benzene rings is 2. The number of hydrogen-bond donors (Lipinski definition) is 1. The average Bonchev–Trinajstić information content (AvgIpc) is 2.70. The number of aryl methyl sites for hydroxylation is 1. The van der Waals surface area contributed by atoms with Crippen LogP contribution in [-0.4, -0.2) is 27.3 Å². The summed E-state index contributed by atoms with van der Waals surface area (Å²) in [5.41, 5.74) is 4.66. The van der Waals surface area contributed by atoms with Gasteiger partial charge in [0.2, 0.25) is 5.95 Å². The van der Waals surface area contributed by atoms with Crippen molar-refractivity contribution in [1.82, 2.24) is 14.9 Å². The molecule has 0 radical (unpaired) electrons. The van der Waals surface area contributed by atoms with Crippen LogP contribution in [0.1, 0.15) is 27.2 Å². The normalized spacial score (nSPS) is 13.2. The first-order chi connectivity index (χ1) is 13.1. The van der Waals surface area contributed by atoms with E-state index in [0.29, 0.717) is 29.8 Å². The van der Waals surface area contributed by atoms with E-state index in [0.717, 1.165) is 17.7 Å². The molecule has 0 spiro atoms. The van der Waals surface area contributed by atoms with Gasteiger partial charge in [-0.3, -0.25) is 4.79 Å². The number of amides is 1. The minimum Gasteiger partial charge on any atom is -0.333 e. The Morgan fingerprint density at radius 2 is 1.96 bits per heavy atom. The molecule has 1 N–H and O–H groups in total. The molecule has 2 aromatic carbocycles. The molecule has 1 aliphatic heterocycles. The highest BCUT2D eigenvalue weighted by atomic mass is 35.5. The molecule has 2 heterocycles. The quantitative estimate of drug-likeness (QED) is 0.734. The van der Waals surface area contributed by atoms with Crippen LogP contribution in [0.2, 0.25) is 5.02 Å². The molecule has 0 bridgehead atoms. The van der Waals surface area contributed by atoms with Gasteiger partial charge in [-0.1, -0.05) is 41.9 Å². The number of carbonyl (C=O) groups excluding carboxylic acids is 1. The third-order valence-electron chi connectivity index (χ3n) is 4.72. The lowest BCUT2D eigenvalue weighted by molar-refractivity contribution is 0.0728. The SMILES string of the molecule is Cc1ccc(Nc2nccc(C(=O)N3CCc4ccccc4C3)n2)cc1Cl. The number of hydrogen-bond acceptors (Lipinski definition) is 4. The Hall–Kier alpha value is -2.92. The van der Waals surface area contributed by atoms with Crippen LogP contribution in [0.15, 0.2) is 54.7 Å². The van der Waals surface area contributed by atoms with Crippen molar-refractivity contribution in [2.75, 3.05) is 11.9 Å². The van der Waals surface area contributed by atoms with E-state index < -0.39 is 0 Å². The second kappa shape index (κ2) is 7.37. The highest BCUT2D eigenvalue weighted by molar-refractivity contribution is 6.31. The summed E-state index contributed by atoms with van der Waals surface area (Å²) in [5.74, 6) is 0.287. The number of nitrogens with one attached hydrogen (secondary N) is 1. The maximum absolute atomic E-state index is 12.9. The molecule has 4 rings (SSSR count). The van der Waals surface area contributed by atoms with E-state index in [1.165, 1.54) is 11.1 Å². The van der Waals surface area contributed by atoms with Gasteiger partial charge in [0.1, 0.15) is 5.69 Å². The maximum Gasteiger partial charge on any atom is 0.272 e. The summed E-state index contributed by atoms with van der Waals surface area (Å²) in [6.07, 6.45) is 2.45. The van der Waals surface area contributed by atoms with Crippen molar-refractivity contribution in [2.24, 2.45) is 0 Å². The summed E-state index contributed by atoms with van der Waals surface area (Å²) >= 11 is 6.16. The molecular weight excluding hydrogens is 360 g/mol. The summed E-state index contributed by atoms with van der Waals surface area (Å²) in [5, 5.41) is 3.77. The first kappa shape index (κ1) is 17.5. The molecule has 0 fully saturated rings. The number of carbonyl (C=O) groups is 1. The zero-order chi connectivity index (χ0) is 18.8. The van der Waals surface area contributed by atoms with Gasteiger partial charge in [-0.2, -0.15) is 0 Å². The lowest BCUT2D eigenvalue weighted by Crippen LogP contribution is -2.36. The van der Waals surface area contributed by atoms with Crippen LogP contribution in [0.5, 0.6) is 0 Å². The fraction of sp³-hybridized carbons (Fsp3) is 0.190. The number of halogens is 1. The van der Waals surface area contributed by atoms with Crippen LogP contribution in [0, 0.1) is 6.92 Å². The van der Waals surface area contributed by atoms with Gasteiger partial charge in [0.15, 0.2) is 0 Å². The minimum absolute atomic E-state index is 0.0862. The van der Waals surface area contributed by atoms with Crippen molar-refractivity contribution in [3.8, 4) is 0 Å². The Balaban J connectivity index is 1.52. The second-order valence-electron chi connectivity index (χ2n) is 6.60. The molecule has 1 amide bonds. The van der Waals surface area contributed by atoms with E-state index in [9.17, 15) is 4.79 Å². The predicted octanol–water partition coefficient (Wildman–Crippen LogP) is 4.38. The summed E-state index contributed by atoms with van der Waals surface area (Å²) in [7, 11) is 0. The van der Waals surface area contributed by atoms with Crippen molar-refractivity contribution in [3.05, 3.63) is 82.1 Å². The zero-order valence-electron chi connectivity index (χ0n) is 14.9. The Kier molecular flexibility index (Phi) is 4.77. The zero-order valence-corrected chi connectivity index (χ0v) is 15.7. The topological polar surface area (TPSA) is 58.1 Å². The van der Waals surface area contributed by atoms with Crippen LogP contribution < -0.4 is 5.32 Å². The van der Waals surface area contributed by atoms with E-state index in [4.69, 9.17) is 11.6 Å². The molecular formula is C21H19ClN4O. The van der Waals surface area contributed by atoms with Gasteiger partial charge in [-0.15, -0.1) is 0 Å². The smallest absolute Gasteiger partial charge is 0.272 e. The largest absolute Gasteiger partial charge is 0.333 e. The van der Waals surface area contributed by atoms with Gasteiger partial charge in [0.25, 0.3) is 5.91 Å². The number of anilines is 2. The van der Waals surface area contributed by atoms with Gasteiger partial charge >= 0.3 is 0 Å². The fourth-order valence-electron chi connectivity index (χ4n) is 3.17. The standard InChI is InChI=1S/C21H19ClN4O/c1-14-6-7-17(12-18(14)22)24-21-23-10-8-19(25-21)20(27)26-11-9-15-4-2-3-5-16(15)13-26/h2-8,10,12H,9,11,13H2,1H3,(H,23,24,25). The van der Waals surface area contributed by atoms with Crippen LogP contribution in [0.3, 0.4) is 0 Å². The number of rotatable bonds is 3. The summed E-state index contributed by atoms with van der Waals surface area (Å²) in [6, 6.07) is 15.5. The summed E-state index contributed by atoms with van der Waals surface area (Å²) in [6.45, 7) is 3.24. The Bertz CT molecular complexity index is 1000. The van der Waals surface area contributed by atoms with Crippen molar-refractivity contribution in [3.63, 3.8) is 0 Å². The molecule has 6 heteroatoms. The molecule has 1 aliphatic rings. The van der Waals surface area contributed by atoms with E-state index in [-0.39, 0.29) is 5.91 Å². The van der Waals surface area contributed by atoms with Crippen molar-refractivity contribution in [1.29, 1.82) is 0 Å². The lowest BCUT2D eigenvalue weighted by Gasteiger charge is -2.28. The third kappa shape index (κ3) is 3.78. The predicted molar refractivity (Wildman–Crippen MR) is 106 cm³/mol. The van der Waals surface area contributed by atoms with Crippen molar-refractivity contribution < 1.29 is 4.79 Å². The van der Waals surface area contributed by atoms with Crippen molar-refractivity contribution in [2.45, 2.75) is 19.9 Å². The third-order valence-corrected chi connectivity index (χ3v) is 5.13. The monoisotopic (exact) mass is 378 g/mol. The lowest BCUT2D eigenvalue weighted by atomic mass is 10.00. The van der Waals surface area contributed by atoms with E-state index >= 15 is 0 Å². The first-order valence-corrected chi connectivity index (χ1v) is 9.20. The van der Waals surface area contributed by atoms with Crippen LogP contribution in [-0.2, 0) is 13.0 Å². The van der Waals surface area contributed by atoms with Crippen molar-refractivity contribution >= 4 is 29.1 Å². The van der Waals surface area contributed by atoms with Crippen LogP contribution >= 0.6 is 11.6 Å². The molecule has 0 saturated heterocycles. The van der Waals surface area contributed by atoms with E-state index in [1.54, 1.807) is 12.3 Å². The highest BCUT2D eigenvalue weighted by Gasteiger charge is 2.22. The first-order valence-electron chi connectivity index (χ1n) is 8.82. The van der Waals surface area contributed by atoms with E-state index in [1.807, 2.05) is 42.2 Å². The van der Waals surface area contributed by atoms with Gasteiger partial charge in [-0.25, -0.2) is 9.97 Å². The van der Waals surface area contributed by atoms with Gasteiger partial charge < -0.3 is 10.2 Å². The molecule has 0 aliphatic carbocycles. The Morgan fingerprint density at radius 3 is 2.78 bits per heavy atom. The molecule has 0 unspecified atom stereocenters. The maximum atomic E-state index is 12.9. The average molecular weight is 379 g/mol. The van der Waals surface area contributed by atoms with Crippen LogP contribution in [0.25, 0.3) is 0 Å². The molecule has 27 heavy (non-hydrogen) atoms. The van der Waals surface area contributed by atoms with Gasteiger partial charge in [0.05, 0.1) is 0 Å². The second-order valence-corrected chi connectivity index (χ2v) is 7.01. The summed E-state index contributed by atoms with van der Waals surface area (Å²) < 4.78 is 0. The van der Waals surface area contributed by atoms with Gasteiger partial charge in [-0.05, 0) is 48.2 Å². The molecule has 136 valence electrons. The highest BCUT2D eigenvalue weighted by Crippen LogP contribution is 2.23. The van der Waals surface area contributed by atoms with E-state index in [2.05, 4.69) is 27.4 Å². The Labute approximate surface area is 163 Å². The minimum atomic E-state index is -0.0862. The van der Waals surface area contributed by atoms with Gasteiger partial charge in [0, 0.05) is 30.0 Å². The molecule has 3 aromatic rings. The number of fused-ring (bicyclic) bond motifs is 1. The number of aromatic nitrogens is 2. The molecule has 5 nitrogen and oxygen atoms in total. The number of nitrogens with zero attached hydrogens (tertiary/aromatic N) is 3. The van der Waals surface area contributed by atoms with Crippen LogP contribution in [0.4, 0.5) is 11.6 Å². The molecule has 1 aromatic heterocycles.